The molecule has 0 bridgehead atoms. The summed E-state index contributed by atoms with van der Waals surface area (Å²) in [5.74, 6) is -0.171. The van der Waals surface area contributed by atoms with Crippen LogP contribution in [0.2, 0.25) is 0 Å². The Morgan fingerprint density at radius 2 is 1.62 bits per heavy atom. The fourth-order valence-electron chi connectivity index (χ4n) is 3.13. The van der Waals surface area contributed by atoms with Crippen LogP contribution in [0.4, 0.5) is 0 Å². The van der Waals surface area contributed by atoms with Crippen molar-refractivity contribution >= 4 is 11.8 Å². The van der Waals surface area contributed by atoms with Crippen LogP contribution in [0, 0.1) is 13.8 Å². The van der Waals surface area contributed by atoms with Crippen LogP contribution >= 0.6 is 0 Å². The van der Waals surface area contributed by atoms with Gasteiger partial charge in [0.05, 0.1) is 6.42 Å². The second-order valence-corrected chi connectivity index (χ2v) is 6.75. The summed E-state index contributed by atoms with van der Waals surface area (Å²) in [7, 11) is 0. The third kappa shape index (κ3) is 5.45. The van der Waals surface area contributed by atoms with Gasteiger partial charge >= 0.3 is 0 Å². The molecule has 2 aromatic carbocycles. The zero-order chi connectivity index (χ0) is 19.1. The molecule has 1 N–H and O–H groups in total. The summed E-state index contributed by atoms with van der Waals surface area (Å²) in [5.41, 5.74) is 4.27. The molecule has 26 heavy (non-hydrogen) atoms. The molecule has 0 aliphatic carbocycles. The van der Waals surface area contributed by atoms with E-state index in [9.17, 15) is 9.59 Å². The molecule has 2 rings (SSSR count). The molecular weight excluding hydrogens is 324 g/mol. The Hall–Kier alpha value is -2.62. The topological polar surface area (TPSA) is 49.4 Å². The standard InChI is InChI=1S/C22H28N2O2/c1-5-23-22(26)18(4)24(15-19-9-7-6-8-10-19)21(25)14-20-12-16(2)11-17(3)13-20/h6-13,18H,5,14-15H2,1-4H3,(H,23,26)/t18-/m1/s1. The second-order valence-electron chi connectivity index (χ2n) is 6.75. The molecule has 0 unspecified atom stereocenters. The molecule has 0 aromatic heterocycles. The van der Waals surface area contributed by atoms with E-state index in [0.717, 1.165) is 22.3 Å². The van der Waals surface area contributed by atoms with E-state index in [4.69, 9.17) is 0 Å². The van der Waals surface area contributed by atoms with Gasteiger partial charge in [0.2, 0.25) is 11.8 Å². The molecule has 0 heterocycles. The van der Waals surface area contributed by atoms with Gasteiger partial charge in [-0.2, -0.15) is 0 Å². The molecule has 0 spiro atoms. The smallest absolute Gasteiger partial charge is 0.242 e. The van der Waals surface area contributed by atoms with Gasteiger partial charge in [0.25, 0.3) is 0 Å². The largest absolute Gasteiger partial charge is 0.355 e. The first kappa shape index (κ1) is 19.7. The predicted molar refractivity (Wildman–Crippen MR) is 105 cm³/mol. The number of benzene rings is 2. The number of amides is 2. The number of hydrogen-bond acceptors (Lipinski definition) is 2. The van der Waals surface area contributed by atoms with E-state index in [1.165, 1.54) is 0 Å². The maximum absolute atomic E-state index is 13.0. The molecule has 4 nitrogen and oxygen atoms in total. The van der Waals surface area contributed by atoms with E-state index < -0.39 is 6.04 Å². The number of likely N-dealkylation sites (N-methyl/N-ethyl adjacent to an activating group) is 1. The lowest BCUT2D eigenvalue weighted by Crippen LogP contribution is -2.48. The summed E-state index contributed by atoms with van der Waals surface area (Å²) in [6.07, 6.45) is 0.291. The van der Waals surface area contributed by atoms with E-state index in [2.05, 4.69) is 11.4 Å². The molecule has 4 heteroatoms. The minimum atomic E-state index is -0.520. The van der Waals surface area contributed by atoms with Gasteiger partial charge < -0.3 is 10.2 Å². The first-order chi connectivity index (χ1) is 12.4. The number of nitrogens with zero attached hydrogens (tertiary/aromatic N) is 1. The quantitative estimate of drug-likeness (QED) is 0.830. The van der Waals surface area contributed by atoms with Gasteiger partial charge in [0, 0.05) is 13.1 Å². The number of carbonyl (C=O) groups excluding carboxylic acids is 2. The third-order valence-corrected chi connectivity index (χ3v) is 4.35. The Kier molecular flexibility index (Phi) is 6.96. The van der Waals surface area contributed by atoms with Crippen LogP contribution in [-0.4, -0.2) is 29.3 Å². The van der Waals surface area contributed by atoms with Gasteiger partial charge in [-0.05, 0) is 38.8 Å². The van der Waals surface area contributed by atoms with Crippen LogP contribution < -0.4 is 5.32 Å². The van der Waals surface area contributed by atoms with Crippen LogP contribution in [0.3, 0.4) is 0 Å². The van der Waals surface area contributed by atoms with Crippen molar-refractivity contribution in [3.63, 3.8) is 0 Å². The maximum Gasteiger partial charge on any atom is 0.242 e. The molecule has 0 aliphatic heterocycles. The van der Waals surface area contributed by atoms with Crippen molar-refractivity contribution in [1.29, 1.82) is 0 Å². The van der Waals surface area contributed by atoms with E-state index in [0.29, 0.717) is 19.5 Å². The van der Waals surface area contributed by atoms with Crippen molar-refractivity contribution in [3.8, 4) is 0 Å². The van der Waals surface area contributed by atoms with Gasteiger partial charge in [-0.3, -0.25) is 9.59 Å². The fraction of sp³-hybridized carbons (Fsp3) is 0.364. The zero-order valence-electron chi connectivity index (χ0n) is 16.1. The van der Waals surface area contributed by atoms with E-state index in [1.54, 1.807) is 11.8 Å². The average molecular weight is 352 g/mol. The highest BCUT2D eigenvalue weighted by Gasteiger charge is 2.25. The highest BCUT2D eigenvalue weighted by atomic mass is 16.2. The summed E-state index contributed by atoms with van der Waals surface area (Å²) >= 11 is 0. The van der Waals surface area contributed by atoms with Crippen molar-refractivity contribution in [2.24, 2.45) is 0 Å². The normalized spacial score (nSPS) is 11.7. The fourth-order valence-corrected chi connectivity index (χ4v) is 3.13. The minimum Gasteiger partial charge on any atom is -0.355 e. The summed E-state index contributed by atoms with van der Waals surface area (Å²) in [4.78, 5) is 27.0. The molecule has 138 valence electrons. The SMILES string of the molecule is CCNC(=O)[C@@H](C)N(Cc1ccccc1)C(=O)Cc1cc(C)cc(C)c1. The van der Waals surface area contributed by atoms with Gasteiger partial charge in [-0.25, -0.2) is 0 Å². The van der Waals surface area contributed by atoms with Crippen molar-refractivity contribution in [3.05, 3.63) is 70.8 Å². The average Bonchev–Trinajstić information content (AvgIpc) is 2.59. The van der Waals surface area contributed by atoms with Crippen LogP contribution in [0.25, 0.3) is 0 Å². The van der Waals surface area contributed by atoms with Gasteiger partial charge in [-0.15, -0.1) is 0 Å². The van der Waals surface area contributed by atoms with Crippen molar-refractivity contribution in [1.82, 2.24) is 10.2 Å². The van der Waals surface area contributed by atoms with Crippen LogP contribution in [0.1, 0.15) is 36.1 Å². The molecule has 1 atom stereocenters. The van der Waals surface area contributed by atoms with Crippen LogP contribution in [0.15, 0.2) is 48.5 Å². The van der Waals surface area contributed by atoms with E-state index in [-0.39, 0.29) is 11.8 Å². The monoisotopic (exact) mass is 352 g/mol. The summed E-state index contributed by atoms with van der Waals surface area (Å²) in [6, 6.07) is 15.4. The second kappa shape index (κ2) is 9.18. The number of carbonyl (C=O) groups is 2. The number of rotatable bonds is 7. The molecule has 0 fully saturated rings. The minimum absolute atomic E-state index is 0.0439. The highest BCUT2D eigenvalue weighted by molar-refractivity contribution is 5.88. The molecule has 0 aliphatic rings. The Morgan fingerprint density at radius 3 is 2.19 bits per heavy atom. The van der Waals surface area contributed by atoms with Crippen molar-refractivity contribution in [2.75, 3.05) is 6.54 Å². The van der Waals surface area contributed by atoms with Crippen LogP contribution in [-0.2, 0) is 22.6 Å². The summed E-state index contributed by atoms with van der Waals surface area (Å²) in [6.45, 7) is 8.69. The Balaban J connectivity index is 2.23. The number of nitrogens with one attached hydrogen (secondary N) is 1. The molecule has 0 radical (unpaired) electrons. The van der Waals surface area contributed by atoms with Crippen molar-refractivity contribution < 1.29 is 9.59 Å². The summed E-state index contributed by atoms with van der Waals surface area (Å²) in [5, 5.41) is 2.82. The molecule has 0 saturated heterocycles. The molecule has 2 aromatic rings. The van der Waals surface area contributed by atoms with E-state index in [1.807, 2.05) is 63.2 Å². The first-order valence-corrected chi connectivity index (χ1v) is 9.09. The molecule has 0 saturated carbocycles. The molecular formula is C22H28N2O2. The Bertz CT molecular complexity index is 736. The third-order valence-electron chi connectivity index (χ3n) is 4.35. The lowest BCUT2D eigenvalue weighted by atomic mass is 10.0. The zero-order valence-corrected chi connectivity index (χ0v) is 16.1. The highest BCUT2D eigenvalue weighted by Crippen LogP contribution is 2.14. The van der Waals surface area contributed by atoms with E-state index >= 15 is 0 Å². The lowest BCUT2D eigenvalue weighted by Gasteiger charge is -2.29. The molecule has 2 amide bonds. The van der Waals surface area contributed by atoms with Gasteiger partial charge in [0.1, 0.15) is 6.04 Å². The lowest BCUT2D eigenvalue weighted by molar-refractivity contribution is -0.140. The Morgan fingerprint density at radius 1 is 1.00 bits per heavy atom. The van der Waals surface area contributed by atoms with Gasteiger partial charge in [0.15, 0.2) is 0 Å². The number of hydrogen-bond donors (Lipinski definition) is 1. The predicted octanol–water partition coefficient (Wildman–Crippen LogP) is 3.40. The summed E-state index contributed by atoms with van der Waals surface area (Å²) < 4.78 is 0. The first-order valence-electron chi connectivity index (χ1n) is 9.09. The Labute approximate surface area is 156 Å². The maximum atomic E-state index is 13.0. The van der Waals surface area contributed by atoms with Crippen LogP contribution in [0.5, 0.6) is 0 Å². The number of aryl methyl sites for hydroxylation is 2. The van der Waals surface area contributed by atoms with Gasteiger partial charge in [-0.1, -0.05) is 59.7 Å². The van der Waals surface area contributed by atoms with Crippen molar-refractivity contribution in [2.45, 2.75) is 46.7 Å².